The first-order valence-electron chi connectivity index (χ1n) is 8.56. The van der Waals surface area contributed by atoms with Gasteiger partial charge in [-0.3, -0.25) is 0 Å². The zero-order valence-electron chi connectivity index (χ0n) is 12.5. The minimum absolute atomic E-state index is 0.467. The van der Waals surface area contributed by atoms with E-state index in [1.54, 1.807) is 32.1 Å². The van der Waals surface area contributed by atoms with Gasteiger partial charge >= 0.3 is 0 Å². The normalized spacial score (nSPS) is 53.1. The molecule has 0 radical (unpaired) electrons. The minimum atomic E-state index is 0.467. The third-order valence-corrected chi connectivity index (χ3v) is 7.15. The van der Waals surface area contributed by atoms with E-state index < -0.39 is 0 Å². The minimum Gasteiger partial charge on any atom is -0.330 e. The molecule has 1 atom stereocenters. The second kappa shape index (κ2) is 4.46. The summed E-state index contributed by atoms with van der Waals surface area (Å²) >= 11 is 0. The molecule has 0 aromatic heterocycles. The Morgan fingerprint density at radius 3 is 2.16 bits per heavy atom. The maximum absolute atomic E-state index is 6.21. The van der Waals surface area contributed by atoms with Gasteiger partial charge in [-0.15, -0.1) is 0 Å². The standard InChI is InChI=1S/C17H30N2/c1-19-3-2-17(10-18,11-19)9-16-14-5-12-4-13(7-14)8-15(16)6-12/h12-16H,2-11,18H2,1H3. The lowest BCUT2D eigenvalue weighted by Gasteiger charge is -2.56. The molecule has 1 unspecified atom stereocenters. The van der Waals surface area contributed by atoms with Crippen molar-refractivity contribution in [2.24, 2.45) is 40.7 Å². The molecule has 1 heterocycles. The molecule has 1 saturated heterocycles. The van der Waals surface area contributed by atoms with E-state index in [-0.39, 0.29) is 0 Å². The third kappa shape index (κ3) is 2.06. The molecule has 1 aliphatic heterocycles. The molecule has 4 aliphatic carbocycles. The molecule has 5 aliphatic rings. The molecule has 4 saturated carbocycles. The van der Waals surface area contributed by atoms with Crippen LogP contribution in [-0.4, -0.2) is 31.6 Å². The summed E-state index contributed by atoms with van der Waals surface area (Å²) in [4.78, 5) is 2.50. The summed E-state index contributed by atoms with van der Waals surface area (Å²) in [6.45, 7) is 3.44. The van der Waals surface area contributed by atoms with Gasteiger partial charge in [0.05, 0.1) is 0 Å². The molecule has 5 fully saturated rings. The molecule has 0 aromatic carbocycles. The highest BCUT2D eigenvalue weighted by Gasteiger charge is 2.50. The summed E-state index contributed by atoms with van der Waals surface area (Å²) in [6.07, 6.45) is 10.6. The first-order chi connectivity index (χ1) is 9.17. The molecule has 19 heavy (non-hydrogen) atoms. The van der Waals surface area contributed by atoms with Crippen molar-refractivity contribution in [3.63, 3.8) is 0 Å². The molecule has 2 heteroatoms. The Hall–Kier alpha value is -0.0800. The highest BCUT2D eigenvalue weighted by Crippen LogP contribution is 2.59. The van der Waals surface area contributed by atoms with E-state index in [0.29, 0.717) is 5.41 Å². The Labute approximate surface area is 118 Å². The number of rotatable bonds is 3. The van der Waals surface area contributed by atoms with Gasteiger partial charge in [-0.25, -0.2) is 0 Å². The molecule has 4 bridgehead atoms. The molecule has 0 aromatic rings. The lowest BCUT2D eigenvalue weighted by molar-refractivity contribution is -0.0541. The van der Waals surface area contributed by atoms with Crippen LogP contribution in [0.1, 0.15) is 44.9 Å². The van der Waals surface area contributed by atoms with Gasteiger partial charge < -0.3 is 10.6 Å². The average molecular weight is 262 g/mol. The van der Waals surface area contributed by atoms with Crippen LogP contribution in [0.5, 0.6) is 0 Å². The van der Waals surface area contributed by atoms with Crippen LogP contribution in [0.3, 0.4) is 0 Å². The van der Waals surface area contributed by atoms with Gasteiger partial charge in [-0.05, 0) is 100 Å². The summed E-state index contributed by atoms with van der Waals surface area (Å²) in [7, 11) is 2.27. The zero-order valence-corrected chi connectivity index (χ0v) is 12.5. The maximum atomic E-state index is 6.21. The SMILES string of the molecule is CN1CCC(CN)(CC2C3CC4CC(C3)CC2C4)C1. The lowest BCUT2D eigenvalue weighted by Crippen LogP contribution is -2.48. The summed E-state index contributed by atoms with van der Waals surface area (Å²) in [5.41, 5.74) is 6.68. The predicted octanol–water partition coefficient (Wildman–Crippen LogP) is 2.73. The van der Waals surface area contributed by atoms with Crippen molar-refractivity contribution in [1.29, 1.82) is 0 Å². The second-order valence-corrected chi connectivity index (χ2v) is 8.49. The van der Waals surface area contributed by atoms with Crippen molar-refractivity contribution in [3.05, 3.63) is 0 Å². The monoisotopic (exact) mass is 262 g/mol. The van der Waals surface area contributed by atoms with E-state index in [1.165, 1.54) is 25.9 Å². The topological polar surface area (TPSA) is 29.3 Å². The summed E-state index contributed by atoms with van der Waals surface area (Å²) in [5, 5.41) is 0. The average Bonchev–Trinajstić information content (AvgIpc) is 2.75. The first kappa shape index (κ1) is 12.6. The predicted molar refractivity (Wildman–Crippen MR) is 78.8 cm³/mol. The molecule has 2 N–H and O–H groups in total. The van der Waals surface area contributed by atoms with Gasteiger partial charge in [0.25, 0.3) is 0 Å². The van der Waals surface area contributed by atoms with E-state index in [9.17, 15) is 0 Å². The van der Waals surface area contributed by atoms with Gasteiger partial charge in [0.1, 0.15) is 0 Å². The van der Waals surface area contributed by atoms with Gasteiger partial charge in [-0.2, -0.15) is 0 Å². The van der Waals surface area contributed by atoms with Crippen molar-refractivity contribution in [2.75, 3.05) is 26.7 Å². The lowest BCUT2D eigenvalue weighted by atomic mass is 9.50. The van der Waals surface area contributed by atoms with Crippen LogP contribution in [0.4, 0.5) is 0 Å². The van der Waals surface area contributed by atoms with Crippen LogP contribution in [0.25, 0.3) is 0 Å². The van der Waals surface area contributed by atoms with E-state index in [0.717, 1.165) is 36.1 Å². The van der Waals surface area contributed by atoms with Crippen LogP contribution >= 0.6 is 0 Å². The molecule has 2 nitrogen and oxygen atoms in total. The molecule has 108 valence electrons. The summed E-state index contributed by atoms with van der Waals surface area (Å²) < 4.78 is 0. The van der Waals surface area contributed by atoms with Gasteiger partial charge in [0, 0.05) is 6.54 Å². The van der Waals surface area contributed by atoms with Crippen LogP contribution in [-0.2, 0) is 0 Å². The van der Waals surface area contributed by atoms with Gasteiger partial charge in [0.2, 0.25) is 0 Å². The summed E-state index contributed by atoms with van der Waals surface area (Å²) in [6, 6.07) is 0. The molecular formula is C17H30N2. The van der Waals surface area contributed by atoms with Gasteiger partial charge in [-0.1, -0.05) is 0 Å². The number of nitrogens with zero attached hydrogens (tertiary/aromatic N) is 1. The van der Waals surface area contributed by atoms with Gasteiger partial charge in [0.15, 0.2) is 0 Å². The molecule has 0 amide bonds. The van der Waals surface area contributed by atoms with Crippen molar-refractivity contribution in [1.82, 2.24) is 4.90 Å². The first-order valence-corrected chi connectivity index (χ1v) is 8.56. The van der Waals surface area contributed by atoms with E-state index in [2.05, 4.69) is 11.9 Å². The van der Waals surface area contributed by atoms with Crippen LogP contribution in [0, 0.1) is 35.0 Å². The number of likely N-dealkylation sites (tertiary alicyclic amines) is 1. The van der Waals surface area contributed by atoms with Crippen molar-refractivity contribution in [3.8, 4) is 0 Å². The highest BCUT2D eigenvalue weighted by atomic mass is 15.1. The number of nitrogens with two attached hydrogens (primary N) is 1. The number of hydrogen-bond acceptors (Lipinski definition) is 2. The van der Waals surface area contributed by atoms with E-state index >= 15 is 0 Å². The Balaban J connectivity index is 1.50. The second-order valence-electron chi connectivity index (χ2n) is 8.49. The molecular weight excluding hydrogens is 232 g/mol. The molecule has 0 spiro atoms. The quantitative estimate of drug-likeness (QED) is 0.847. The van der Waals surface area contributed by atoms with Crippen LogP contribution in [0.15, 0.2) is 0 Å². The van der Waals surface area contributed by atoms with E-state index in [4.69, 9.17) is 5.73 Å². The van der Waals surface area contributed by atoms with Crippen LogP contribution in [0.2, 0.25) is 0 Å². The van der Waals surface area contributed by atoms with Crippen molar-refractivity contribution >= 4 is 0 Å². The number of hydrogen-bond donors (Lipinski definition) is 1. The van der Waals surface area contributed by atoms with Crippen molar-refractivity contribution in [2.45, 2.75) is 44.9 Å². The fourth-order valence-electron chi connectivity index (χ4n) is 6.45. The third-order valence-electron chi connectivity index (χ3n) is 7.15. The highest BCUT2D eigenvalue weighted by molar-refractivity contribution is 5.01. The fourth-order valence-corrected chi connectivity index (χ4v) is 6.45. The Bertz CT molecular complexity index is 325. The Morgan fingerprint density at radius 2 is 1.68 bits per heavy atom. The van der Waals surface area contributed by atoms with E-state index in [1.807, 2.05) is 0 Å². The smallest absolute Gasteiger partial charge is 0.00476 e. The maximum Gasteiger partial charge on any atom is 0.00476 e. The van der Waals surface area contributed by atoms with Crippen molar-refractivity contribution < 1.29 is 0 Å². The fraction of sp³-hybridized carbons (Fsp3) is 1.00. The Kier molecular flexibility index (Phi) is 2.97. The van der Waals surface area contributed by atoms with Crippen LogP contribution < -0.4 is 5.73 Å². The summed E-state index contributed by atoms with van der Waals surface area (Å²) in [5.74, 6) is 5.40. The molecule has 5 rings (SSSR count). The Morgan fingerprint density at radius 1 is 1.05 bits per heavy atom. The zero-order chi connectivity index (χ0) is 13.0. The largest absolute Gasteiger partial charge is 0.330 e.